The Morgan fingerprint density at radius 1 is 1.17 bits per heavy atom. The summed E-state index contributed by atoms with van der Waals surface area (Å²) in [6.45, 7) is 1.35. The molecule has 24 heavy (non-hydrogen) atoms. The maximum atomic E-state index is 12.8. The van der Waals surface area contributed by atoms with Crippen molar-refractivity contribution >= 4 is 38.3 Å². The number of benzene rings is 2. The maximum absolute atomic E-state index is 12.8. The lowest BCUT2D eigenvalue weighted by Gasteiger charge is -2.07. The molecule has 0 atom stereocenters. The number of hydrogen-bond donors (Lipinski definition) is 3. The molecule has 9 heteroatoms. The Bertz CT molecular complexity index is 1090. The lowest BCUT2D eigenvalue weighted by Crippen LogP contribution is -2.25. The fourth-order valence-electron chi connectivity index (χ4n) is 2.36. The second-order valence-corrected chi connectivity index (χ2v) is 6.97. The molecular weight excluding hydrogens is 332 g/mol. The van der Waals surface area contributed by atoms with Gasteiger partial charge in [0.15, 0.2) is 0 Å². The molecule has 3 aromatic rings. The highest BCUT2D eigenvalue weighted by molar-refractivity contribution is 7.90. The summed E-state index contributed by atoms with van der Waals surface area (Å²) in [5.41, 5.74) is 6.24. The van der Waals surface area contributed by atoms with Crippen molar-refractivity contribution in [2.24, 2.45) is 0 Å². The Morgan fingerprint density at radius 2 is 1.83 bits per heavy atom. The van der Waals surface area contributed by atoms with Gasteiger partial charge in [-0.15, -0.1) is 0 Å². The van der Waals surface area contributed by atoms with E-state index in [1.165, 1.54) is 43.3 Å². The van der Waals surface area contributed by atoms with Crippen molar-refractivity contribution in [1.29, 1.82) is 0 Å². The van der Waals surface area contributed by atoms with Crippen molar-refractivity contribution in [1.82, 2.24) is 8.96 Å². The van der Waals surface area contributed by atoms with Gasteiger partial charge in [0, 0.05) is 18.3 Å². The molecule has 0 fully saturated rings. The maximum Gasteiger partial charge on any atom is 0.340 e. The van der Waals surface area contributed by atoms with Gasteiger partial charge in [-0.25, -0.2) is 13.2 Å². The van der Waals surface area contributed by atoms with Gasteiger partial charge in [-0.3, -0.25) is 4.79 Å². The van der Waals surface area contributed by atoms with Gasteiger partial charge in [-0.05, 0) is 42.5 Å². The van der Waals surface area contributed by atoms with E-state index < -0.39 is 15.7 Å². The van der Waals surface area contributed by atoms with E-state index in [9.17, 15) is 18.0 Å². The van der Waals surface area contributed by atoms with Crippen molar-refractivity contribution in [3.8, 4) is 0 Å². The summed E-state index contributed by atoms with van der Waals surface area (Å²) in [6, 6.07) is 10.0. The van der Waals surface area contributed by atoms with E-state index in [2.05, 4.69) is 10.3 Å². The Balaban J connectivity index is 2.14. The zero-order valence-corrected chi connectivity index (χ0v) is 13.4. The van der Waals surface area contributed by atoms with Crippen molar-refractivity contribution in [2.45, 2.75) is 11.8 Å². The predicted molar refractivity (Wildman–Crippen MR) is 90.3 cm³/mol. The fraction of sp³-hybridized carbons (Fsp3) is 0.0667. The fourth-order valence-corrected chi connectivity index (χ4v) is 3.72. The average molecular weight is 346 g/mol. The van der Waals surface area contributed by atoms with Gasteiger partial charge in [0.2, 0.25) is 5.91 Å². The zero-order chi connectivity index (χ0) is 17.5. The van der Waals surface area contributed by atoms with E-state index in [4.69, 9.17) is 5.73 Å². The van der Waals surface area contributed by atoms with E-state index in [0.717, 1.165) is 0 Å². The van der Waals surface area contributed by atoms with Crippen molar-refractivity contribution in [3.63, 3.8) is 0 Å². The number of carbonyl (C=O) groups excluding carboxylic acids is 1. The molecular formula is C15H14N4O4S. The molecule has 124 valence electrons. The number of nitrogens with zero attached hydrogens (tertiary/aromatic N) is 1. The first-order valence-electron chi connectivity index (χ1n) is 6.92. The molecule has 0 aliphatic rings. The topological polar surface area (TPSA) is 127 Å². The number of aromatic nitrogens is 2. The van der Waals surface area contributed by atoms with Crippen LogP contribution in [0.1, 0.15) is 6.92 Å². The van der Waals surface area contributed by atoms with Gasteiger partial charge in [0.05, 0.1) is 15.9 Å². The Labute approximate surface area is 137 Å². The van der Waals surface area contributed by atoms with E-state index in [1.807, 2.05) is 0 Å². The monoisotopic (exact) mass is 346 g/mol. The Morgan fingerprint density at radius 3 is 2.46 bits per heavy atom. The molecule has 0 saturated carbocycles. The number of rotatable bonds is 3. The molecule has 3 rings (SSSR count). The van der Waals surface area contributed by atoms with Crippen LogP contribution in [-0.4, -0.2) is 23.3 Å². The number of carbonyl (C=O) groups is 1. The summed E-state index contributed by atoms with van der Waals surface area (Å²) < 4.78 is 26.3. The van der Waals surface area contributed by atoms with Crippen molar-refractivity contribution in [3.05, 3.63) is 52.9 Å². The molecule has 0 aliphatic heterocycles. The van der Waals surface area contributed by atoms with Gasteiger partial charge < -0.3 is 16.0 Å². The van der Waals surface area contributed by atoms with Crippen LogP contribution < -0.4 is 16.7 Å². The van der Waals surface area contributed by atoms with Crippen LogP contribution in [0.25, 0.3) is 11.0 Å². The molecule has 0 aliphatic carbocycles. The minimum atomic E-state index is -4.11. The molecule has 4 N–H and O–H groups in total. The quantitative estimate of drug-likeness (QED) is 0.612. The molecule has 0 bridgehead atoms. The standard InChI is InChI=1S/C15H14N4O4S/c1-9(20)17-11-3-5-12(6-4-11)24(22,23)19-14-8-10(16)2-7-13(14)18-15(19)21/h2-8H,16H2,1H3,(H,17,20)(H,18,21). The van der Waals surface area contributed by atoms with Gasteiger partial charge in [0.1, 0.15) is 0 Å². The van der Waals surface area contributed by atoms with E-state index in [-0.39, 0.29) is 16.3 Å². The lowest BCUT2D eigenvalue weighted by atomic mass is 10.3. The second kappa shape index (κ2) is 5.53. The molecule has 1 aromatic heterocycles. The third kappa shape index (κ3) is 2.65. The smallest absolute Gasteiger partial charge is 0.340 e. The number of H-pyrrole nitrogens is 1. The summed E-state index contributed by atoms with van der Waals surface area (Å²) in [5.74, 6) is -0.270. The zero-order valence-electron chi connectivity index (χ0n) is 12.6. The average Bonchev–Trinajstić information content (AvgIpc) is 2.83. The molecule has 1 amide bonds. The van der Waals surface area contributed by atoms with E-state index in [0.29, 0.717) is 20.9 Å². The molecule has 1 heterocycles. The van der Waals surface area contributed by atoms with Crippen LogP contribution >= 0.6 is 0 Å². The molecule has 0 spiro atoms. The van der Waals surface area contributed by atoms with Crippen molar-refractivity contribution in [2.75, 3.05) is 11.1 Å². The second-order valence-electron chi connectivity index (χ2n) is 5.18. The number of aromatic amines is 1. The summed E-state index contributed by atoms with van der Waals surface area (Å²) in [5, 5.41) is 2.54. The molecule has 0 saturated heterocycles. The first-order valence-corrected chi connectivity index (χ1v) is 8.36. The third-order valence-electron chi connectivity index (χ3n) is 3.38. The van der Waals surface area contributed by atoms with Crippen LogP contribution in [0.5, 0.6) is 0 Å². The van der Waals surface area contributed by atoms with Crippen molar-refractivity contribution < 1.29 is 13.2 Å². The number of fused-ring (bicyclic) bond motifs is 1. The number of hydrogen-bond acceptors (Lipinski definition) is 5. The highest BCUT2D eigenvalue weighted by Crippen LogP contribution is 2.21. The summed E-state index contributed by atoms with van der Waals surface area (Å²) >= 11 is 0. The van der Waals surface area contributed by atoms with E-state index in [1.54, 1.807) is 6.07 Å². The SMILES string of the molecule is CC(=O)Nc1ccc(S(=O)(=O)n2c(=O)[nH]c3ccc(N)cc32)cc1. The number of nitrogens with two attached hydrogens (primary N) is 1. The number of anilines is 2. The number of imidazole rings is 1. The van der Waals surface area contributed by atoms with Crippen LogP contribution in [0, 0.1) is 0 Å². The first kappa shape index (κ1) is 15.8. The van der Waals surface area contributed by atoms with Crippen LogP contribution in [-0.2, 0) is 14.8 Å². The number of nitrogens with one attached hydrogen (secondary N) is 2. The van der Waals surface area contributed by atoms with Gasteiger partial charge >= 0.3 is 5.69 Å². The normalized spacial score (nSPS) is 11.5. The molecule has 0 radical (unpaired) electrons. The largest absolute Gasteiger partial charge is 0.399 e. The summed E-state index contributed by atoms with van der Waals surface area (Å²) in [6.07, 6.45) is 0. The highest BCUT2D eigenvalue weighted by atomic mass is 32.2. The first-order chi connectivity index (χ1) is 11.3. The van der Waals surface area contributed by atoms with Crippen LogP contribution in [0.3, 0.4) is 0 Å². The van der Waals surface area contributed by atoms with Crippen LogP contribution in [0.4, 0.5) is 11.4 Å². The number of nitrogen functional groups attached to an aromatic ring is 1. The molecule has 0 unspecified atom stereocenters. The van der Waals surface area contributed by atoms with Gasteiger partial charge in [-0.1, -0.05) is 0 Å². The Hall–Kier alpha value is -3.07. The minimum Gasteiger partial charge on any atom is -0.399 e. The van der Waals surface area contributed by atoms with Crippen LogP contribution in [0.2, 0.25) is 0 Å². The minimum absolute atomic E-state index is 0.0815. The Kier molecular flexibility index (Phi) is 3.64. The van der Waals surface area contributed by atoms with E-state index >= 15 is 0 Å². The van der Waals surface area contributed by atoms with Gasteiger partial charge in [0.25, 0.3) is 10.0 Å². The molecule has 8 nitrogen and oxygen atoms in total. The third-order valence-corrected chi connectivity index (χ3v) is 5.09. The highest BCUT2D eigenvalue weighted by Gasteiger charge is 2.22. The van der Waals surface area contributed by atoms with Crippen LogP contribution in [0.15, 0.2) is 52.2 Å². The summed E-state index contributed by atoms with van der Waals surface area (Å²) in [7, 11) is -4.11. The summed E-state index contributed by atoms with van der Waals surface area (Å²) in [4.78, 5) is 25.5. The predicted octanol–water partition coefficient (Wildman–Crippen LogP) is 1.11. The lowest BCUT2D eigenvalue weighted by molar-refractivity contribution is -0.114. The van der Waals surface area contributed by atoms with Gasteiger partial charge in [-0.2, -0.15) is 3.97 Å². The number of amides is 1. The molecule has 2 aromatic carbocycles.